The normalized spacial score (nSPS) is 15.4. The molecule has 11 heavy (non-hydrogen) atoms. The Kier molecular flexibility index (Phi) is 2.49. The molecule has 0 aliphatic carbocycles. The summed E-state index contributed by atoms with van der Waals surface area (Å²) in [5.41, 5.74) is 0. The summed E-state index contributed by atoms with van der Waals surface area (Å²) in [5, 5.41) is 2.49. The van der Waals surface area contributed by atoms with E-state index in [9.17, 15) is 9.59 Å². The van der Waals surface area contributed by atoms with Crippen LogP contribution in [0.2, 0.25) is 0 Å². The first kappa shape index (κ1) is 8.08. The van der Waals surface area contributed by atoms with Gasteiger partial charge < -0.3 is 5.32 Å². The molecule has 1 aliphatic heterocycles. The Hall–Kier alpha value is -1.02. The van der Waals surface area contributed by atoms with Crippen LogP contribution in [-0.4, -0.2) is 29.9 Å². The van der Waals surface area contributed by atoms with Crippen LogP contribution in [0.15, 0.2) is 0 Å². The van der Waals surface area contributed by atoms with E-state index in [1.807, 2.05) is 0 Å². The molecule has 0 aromatic rings. The highest BCUT2D eigenvalue weighted by Crippen LogP contribution is 1.96. The molecule has 0 aromatic carbocycles. The second-order valence-corrected chi connectivity index (χ2v) is 2.30. The average Bonchev–Trinajstić information content (AvgIpc) is 2.36. The van der Waals surface area contributed by atoms with E-state index in [-0.39, 0.29) is 6.03 Å². The molecule has 1 aliphatic rings. The van der Waals surface area contributed by atoms with Crippen molar-refractivity contribution in [1.82, 2.24) is 10.2 Å². The average molecular weight is 217 g/mol. The number of carbonyl (C=O) groups is 2. The van der Waals surface area contributed by atoms with E-state index in [4.69, 9.17) is 0 Å². The minimum Gasteiger partial charge on any atom is -0.336 e. The third-order valence-electron chi connectivity index (χ3n) is 1.26. The molecule has 1 fully saturated rings. The molecule has 0 spiro atoms. The number of amides is 3. The van der Waals surface area contributed by atoms with E-state index in [0.717, 1.165) is 4.90 Å². The minimum atomic E-state index is -0.475. The molecule has 0 bridgehead atoms. The van der Waals surface area contributed by atoms with E-state index < -0.39 is 5.91 Å². The third-order valence-corrected chi connectivity index (χ3v) is 1.45. The lowest BCUT2D eigenvalue weighted by Gasteiger charge is -2.05. The number of halogens is 1. The fourth-order valence-electron chi connectivity index (χ4n) is 0.773. The molecule has 4 nitrogen and oxygen atoms in total. The van der Waals surface area contributed by atoms with Gasteiger partial charge in [0.25, 0.3) is 0 Å². The van der Waals surface area contributed by atoms with Crippen LogP contribution < -0.4 is 5.32 Å². The predicted octanol–water partition coefficient (Wildman–Crippen LogP) is -0.106. The van der Waals surface area contributed by atoms with Crippen molar-refractivity contribution in [3.05, 3.63) is 0 Å². The van der Waals surface area contributed by atoms with E-state index >= 15 is 0 Å². The van der Waals surface area contributed by atoms with E-state index in [0.29, 0.717) is 13.1 Å². The minimum absolute atomic E-state index is 0.370. The van der Waals surface area contributed by atoms with Crippen molar-refractivity contribution in [3.8, 4) is 10.8 Å². The molecule has 1 heterocycles. The highest BCUT2D eigenvalue weighted by molar-refractivity contribution is 9.12. The lowest BCUT2D eigenvalue weighted by Crippen LogP contribution is -2.33. The van der Waals surface area contributed by atoms with Crippen molar-refractivity contribution in [2.45, 2.75) is 0 Å². The molecule has 58 valence electrons. The molecule has 3 amide bonds. The van der Waals surface area contributed by atoms with E-state index in [2.05, 4.69) is 32.0 Å². The lowest BCUT2D eigenvalue weighted by molar-refractivity contribution is -0.121. The van der Waals surface area contributed by atoms with Gasteiger partial charge in [0.05, 0.1) is 0 Å². The molecule has 1 saturated heterocycles. The number of hydrogen-bond acceptors (Lipinski definition) is 2. The zero-order valence-corrected chi connectivity index (χ0v) is 7.14. The Balaban J connectivity index is 2.65. The van der Waals surface area contributed by atoms with Crippen molar-refractivity contribution in [1.29, 1.82) is 0 Å². The highest BCUT2D eigenvalue weighted by atomic mass is 79.9. The van der Waals surface area contributed by atoms with E-state index in [1.54, 1.807) is 0 Å². The molecule has 0 radical (unpaired) electrons. The van der Waals surface area contributed by atoms with Crippen LogP contribution in [0.1, 0.15) is 0 Å². The number of nitrogens with zero attached hydrogens (tertiary/aromatic N) is 1. The first-order valence-electron chi connectivity index (χ1n) is 2.96. The molecule has 0 atom stereocenters. The van der Waals surface area contributed by atoms with Gasteiger partial charge in [0, 0.05) is 34.9 Å². The van der Waals surface area contributed by atoms with Crippen LogP contribution in [0.5, 0.6) is 0 Å². The molecule has 1 rings (SSSR count). The first-order valence-corrected chi connectivity index (χ1v) is 3.76. The zero-order chi connectivity index (χ0) is 8.27. The Morgan fingerprint density at radius 2 is 2.45 bits per heavy atom. The van der Waals surface area contributed by atoms with Crippen LogP contribution in [0, 0.1) is 10.8 Å². The van der Waals surface area contributed by atoms with Crippen molar-refractivity contribution in [3.63, 3.8) is 0 Å². The molecule has 1 N–H and O–H groups in total. The number of urea groups is 1. The first-order chi connectivity index (χ1) is 5.25. The summed E-state index contributed by atoms with van der Waals surface area (Å²) in [6.45, 7) is 0.911. The summed E-state index contributed by atoms with van der Waals surface area (Å²) in [6.07, 6.45) is 0. The van der Waals surface area contributed by atoms with Crippen LogP contribution in [0.25, 0.3) is 0 Å². The molecular weight excluding hydrogens is 212 g/mol. The van der Waals surface area contributed by atoms with Gasteiger partial charge in [0.15, 0.2) is 0 Å². The Morgan fingerprint density at radius 1 is 1.73 bits per heavy atom. The zero-order valence-electron chi connectivity index (χ0n) is 5.56. The lowest BCUT2D eigenvalue weighted by atomic mass is 10.5. The topological polar surface area (TPSA) is 49.4 Å². The smallest absolute Gasteiger partial charge is 0.324 e. The van der Waals surface area contributed by atoms with Crippen molar-refractivity contribution >= 4 is 27.9 Å². The quantitative estimate of drug-likeness (QED) is 0.575. The van der Waals surface area contributed by atoms with Gasteiger partial charge in [0.2, 0.25) is 0 Å². The summed E-state index contributed by atoms with van der Waals surface area (Å²) in [6, 6.07) is -0.370. The summed E-state index contributed by atoms with van der Waals surface area (Å²) < 4.78 is 0. The standard InChI is InChI=1S/C6H5BrN2O2/c7-2-1-5(10)9-4-3-8-6(9)11/h3-4H2,(H,8,11). The fourth-order valence-corrected chi connectivity index (χ4v) is 0.943. The van der Waals surface area contributed by atoms with Crippen LogP contribution in [0.3, 0.4) is 0 Å². The van der Waals surface area contributed by atoms with Crippen molar-refractivity contribution in [2.24, 2.45) is 0 Å². The van der Waals surface area contributed by atoms with Gasteiger partial charge in [-0.25, -0.2) is 4.79 Å². The summed E-state index contributed by atoms with van der Waals surface area (Å²) in [7, 11) is 0. The molecule has 0 saturated carbocycles. The van der Waals surface area contributed by atoms with Crippen molar-refractivity contribution < 1.29 is 9.59 Å². The van der Waals surface area contributed by atoms with Gasteiger partial charge in [-0.1, -0.05) is 0 Å². The molecule has 0 aromatic heterocycles. The number of imide groups is 1. The molecular formula is C6H5BrN2O2. The van der Waals surface area contributed by atoms with Gasteiger partial charge in [-0.05, 0) is 4.83 Å². The van der Waals surface area contributed by atoms with Gasteiger partial charge in [-0.2, -0.15) is 0 Å². The monoisotopic (exact) mass is 216 g/mol. The summed E-state index contributed by atoms with van der Waals surface area (Å²) in [5.74, 6) is 1.74. The highest BCUT2D eigenvalue weighted by Gasteiger charge is 2.24. The third kappa shape index (κ3) is 1.71. The summed E-state index contributed by atoms with van der Waals surface area (Å²) in [4.78, 5) is 25.0. The predicted molar refractivity (Wildman–Crippen MR) is 41.8 cm³/mol. The number of carbonyl (C=O) groups excluding carboxylic acids is 2. The molecule has 5 heteroatoms. The Bertz CT molecular complexity index is 253. The maximum absolute atomic E-state index is 10.9. The number of hydrogen-bond donors (Lipinski definition) is 1. The van der Waals surface area contributed by atoms with Gasteiger partial charge in [-0.3, -0.25) is 9.69 Å². The number of nitrogens with one attached hydrogen (secondary N) is 1. The van der Waals surface area contributed by atoms with Crippen molar-refractivity contribution in [2.75, 3.05) is 13.1 Å². The van der Waals surface area contributed by atoms with Crippen LogP contribution in [0.4, 0.5) is 4.79 Å². The fraction of sp³-hybridized carbons (Fsp3) is 0.333. The van der Waals surface area contributed by atoms with E-state index in [1.165, 1.54) is 0 Å². The van der Waals surface area contributed by atoms with Crippen LogP contribution >= 0.6 is 15.9 Å². The van der Waals surface area contributed by atoms with Gasteiger partial charge in [-0.15, -0.1) is 0 Å². The maximum atomic E-state index is 10.9. The van der Waals surface area contributed by atoms with Gasteiger partial charge >= 0.3 is 11.9 Å². The Labute approximate surface area is 72.1 Å². The second kappa shape index (κ2) is 3.39. The summed E-state index contributed by atoms with van der Waals surface area (Å²) >= 11 is 2.78. The number of rotatable bonds is 0. The maximum Gasteiger partial charge on any atom is 0.324 e. The second-order valence-electron chi connectivity index (χ2n) is 1.91. The molecule has 0 unspecified atom stereocenters. The Morgan fingerprint density at radius 3 is 2.91 bits per heavy atom. The largest absolute Gasteiger partial charge is 0.336 e. The SMILES string of the molecule is O=C(C#CBr)N1CCNC1=O. The van der Waals surface area contributed by atoms with Crippen LogP contribution in [-0.2, 0) is 4.79 Å². The van der Waals surface area contributed by atoms with Gasteiger partial charge in [0.1, 0.15) is 0 Å².